The predicted octanol–water partition coefficient (Wildman–Crippen LogP) is 4.92. The van der Waals surface area contributed by atoms with E-state index in [1.807, 2.05) is 0 Å². The van der Waals surface area contributed by atoms with Crippen molar-refractivity contribution < 1.29 is 22.4 Å². The Morgan fingerprint density at radius 3 is 2.38 bits per heavy atom. The topological polar surface area (TPSA) is 55.2 Å². The molecule has 1 amide bonds. The van der Waals surface area contributed by atoms with Crippen LogP contribution in [-0.2, 0) is 6.18 Å². The van der Waals surface area contributed by atoms with E-state index in [0.29, 0.717) is 5.56 Å². The number of alkyl halides is 3. The molecule has 0 aliphatic rings. The molecule has 1 unspecified atom stereocenters. The van der Waals surface area contributed by atoms with Gasteiger partial charge in [0.1, 0.15) is 5.82 Å². The summed E-state index contributed by atoms with van der Waals surface area (Å²) in [5, 5.41) is 4.11. The van der Waals surface area contributed by atoms with Gasteiger partial charge < -0.3 is 4.90 Å². The Balaban J connectivity index is 2.03. The van der Waals surface area contributed by atoms with Crippen molar-refractivity contribution in [2.45, 2.75) is 33.0 Å². The van der Waals surface area contributed by atoms with Gasteiger partial charge >= 0.3 is 6.18 Å². The number of benzene rings is 2. The molecule has 168 valence electrons. The first-order valence-corrected chi connectivity index (χ1v) is 9.88. The fraction of sp³-hybridized carbons (Fsp3) is 0.261. The molecule has 3 rings (SSSR count). The van der Waals surface area contributed by atoms with Crippen LogP contribution in [0.15, 0.2) is 59.4 Å². The molecule has 2 aromatic carbocycles. The van der Waals surface area contributed by atoms with Gasteiger partial charge in [-0.1, -0.05) is 18.2 Å². The van der Waals surface area contributed by atoms with Gasteiger partial charge in [-0.3, -0.25) is 9.59 Å². The maximum atomic E-state index is 13.3. The van der Waals surface area contributed by atoms with E-state index in [2.05, 4.69) is 5.10 Å². The van der Waals surface area contributed by atoms with Crippen LogP contribution < -0.4 is 5.43 Å². The van der Waals surface area contributed by atoms with Gasteiger partial charge in [-0.25, -0.2) is 9.07 Å². The molecule has 5 nitrogen and oxygen atoms in total. The van der Waals surface area contributed by atoms with Gasteiger partial charge in [0.15, 0.2) is 5.69 Å². The minimum Gasteiger partial charge on any atom is -0.331 e. The van der Waals surface area contributed by atoms with E-state index in [9.17, 15) is 27.2 Å². The van der Waals surface area contributed by atoms with Gasteiger partial charge in [-0.15, -0.1) is 0 Å². The fourth-order valence-corrected chi connectivity index (χ4v) is 3.42. The smallest absolute Gasteiger partial charge is 0.331 e. The second-order valence-electron chi connectivity index (χ2n) is 7.28. The number of rotatable bonds is 5. The average Bonchev–Trinajstić information content (AvgIpc) is 2.74. The van der Waals surface area contributed by atoms with Crippen LogP contribution in [0.2, 0.25) is 0 Å². The van der Waals surface area contributed by atoms with Crippen molar-refractivity contribution in [1.82, 2.24) is 14.7 Å². The molecule has 0 bridgehead atoms. The van der Waals surface area contributed by atoms with E-state index in [1.165, 1.54) is 36.1 Å². The highest BCUT2D eigenvalue weighted by molar-refractivity contribution is 5.92. The minimum atomic E-state index is -4.55. The highest BCUT2D eigenvalue weighted by Crippen LogP contribution is 2.30. The lowest BCUT2D eigenvalue weighted by molar-refractivity contribution is -0.137. The van der Waals surface area contributed by atoms with E-state index in [0.717, 1.165) is 22.9 Å². The molecule has 0 fully saturated rings. The van der Waals surface area contributed by atoms with E-state index >= 15 is 0 Å². The molecule has 9 heteroatoms. The van der Waals surface area contributed by atoms with Gasteiger partial charge in [0.2, 0.25) is 5.43 Å². The lowest BCUT2D eigenvalue weighted by Gasteiger charge is -2.28. The van der Waals surface area contributed by atoms with Crippen molar-refractivity contribution in [3.05, 3.63) is 93.2 Å². The molecular weight excluding hydrogens is 426 g/mol. The van der Waals surface area contributed by atoms with Crippen molar-refractivity contribution in [3.8, 4) is 5.69 Å². The summed E-state index contributed by atoms with van der Waals surface area (Å²) < 4.78 is 53.7. The first-order chi connectivity index (χ1) is 15.0. The highest BCUT2D eigenvalue weighted by Gasteiger charge is 2.31. The Morgan fingerprint density at radius 2 is 1.78 bits per heavy atom. The predicted molar refractivity (Wildman–Crippen MR) is 111 cm³/mol. The Hall–Kier alpha value is -3.49. The van der Waals surface area contributed by atoms with Crippen LogP contribution in [0.3, 0.4) is 0 Å². The molecule has 0 aliphatic carbocycles. The van der Waals surface area contributed by atoms with Crippen LogP contribution in [0.1, 0.15) is 47.2 Å². The lowest BCUT2D eigenvalue weighted by atomic mass is 10.1. The first-order valence-electron chi connectivity index (χ1n) is 9.88. The number of halogens is 4. The van der Waals surface area contributed by atoms with Crippen molar-refractivity contribution in [1.29, 1.82) is 0 Å². The summed E-state index contributed by atoms with van der Waals surface area (Å²) in [6.07, 6.45) is -4.55. The number of hydrogen-bond donors (Lipinski definition) is 0. The molecule has 1 aromatic heterocycles. The van der Waals surface area contributed by atoms with Gasteiger partial charge in [0.05, 0.1) is 17.3 Å². The molecule has 1 atom stereocenters. The Bertz CT molecular complexity index is 1190. The SMILES string of the molecule is CCN(C(=O)c1nn(-c2cccc(C(F)(F)F)c2)c(C)cc1=O)C(C)c1ccc(F)cc1. The van der Waals surface area contributed by atoms with E-state index in [4.69, 9.17) is 0 Å². The Labute approximate surface area is 181 Å². The molecule has 0 aliphatic heterocycles. The third kappa shape index (κ3) is 4.71. The maximum absolute atomic E-state index is 13.3. The van der Waals surface area contributed by atoms with Crippen LogP contribution >= 0.6 is 0 Å². The van der Waals surface area contributed by atoms with Crippen LogP contribution in [0, 0.1) is 12.7 Å². The van der Waals surface area contributed by atoms with Crippen molar-refractivity contribution in [2.75, 3.05) is 6.54 Å². The standard InChI is InChI=1S/C23H21F4N3O2/c1-4-29(15(3)16-8-10-18(24)11-9-16)22(32)21-20(31)12-14(2)30(28-21)19-7-5-6-17(13-19)23(25,26)27/h5-13,15H,4H2,1-3H3. The van der Waals surface area contributed by atoms with Crippen molar-refractivity contribution in [3.63, 3.8) is 0 Å². The Morgan fingerprint density at radius 1 is 1.12 bits per heavy atom. The van der Waals surface area contributed by atoms with Crippen LogP contribution in [0.5, 0.6) is 0 Å². The zero-order valence-electron chi connectivity index (χ0n) is 17.7. The summed E-state index contributed by atoms with van der Waals surface area (Å²) in [6, 6.07) is 10.8. The summed E-state index contributed by atoms with van der Waals surface area (Å²) in [7, 11) is 0. The molecular formula is C23H21F4N3O2. The zero-order valence-corrected chi connectivity index (χ0v) is 17.7. The van der Waals surface area contributed by atoms with Gasteiger partial charge in [-0.05, 0) is 56.7 Å². The summed E-state index contributed by atoms with van der Waals surface area (Å²) in [6.45, 7) is 5.20. The van der Waals surface area contributed by atoms with Gasteiger partial charge in [0.25, 0.3) is 5.91 Å². The van der Waals surface area contributed by atoms with E-state index in [1.54, 1.807) is 26.0 Å². The molecule has 0 N–H and O–H groups in total. The number of amides is 1. The Kier molecular flexibility index (Phi) is 6.47. The molecule has 0 saturated heterocycles. The summed E-state index contributed by atoms with van der Waals surface area (Å²) in [4.78, 5) is 27.1. The summed E-state index contributed by atoms with van der Waals surface area (Å²) >= 11 is 0. The third-order valence-electron chi connectivity index (χ3n) is 5.15. The monoisotopic (exact) mass is 447 g/mol. The zero-order chi connectivity index (χ0) is 23.6. The van der Waals surface area contributed by atoms with Crippen LogP contribution in [0.4, 0.5) is 17.6 Å². The first kappa shape index (κ1) is 23.2. The molecule has 32 heavy (non-hydrogen) atoms. The van der Waals surface area contributed by atoms with E-state index < -0.39 is 40.6 Å². The number of nitrogens with zero attached hydrogens (tertiary/aromatic N) is 3. The third-order valence-corrected chi connectivity index (χ3v) is 5.15. The molecule has 1 heterocycles. The minimum absolute atomic E-state index is 0.0704. The normalized spacial score (nSPS) is 12.5. The highest BCUT2D eigenvalue weighted by atomic mass is 19.4. The van der Waals surface area contributed by atoms with Gasteiger partial charge in [-0.2, -0.15) is 18.3 Å². The molecule has 0 radical (unpaired) electrons. The number of aryl methyl sites for hydroxylation is 1. The summed E-state index contributed by atoms with van der Waals surface area (Å²) in [5.74, 6) is -1.09. The summed E-state index contributed by atoms with van der Waals surface area (Å²) in [5.41, 5.74) is -0.916. The van der Waals surface area contributed by atoms with Crippen molar-refractivity contribution >= 4 is 5.91 Å². The maximum Gasteiger partial charge on any atom is 0.416 e. The average molecular weight is 447 g/mol. The van der Waals surface area contributed by atoms with Crippen molar-refractivity contribution in [2.24, 2.45) is 0 Å². The lowest BCUT2D eigenvalue weighted by Crippen LogP contribution is -2.38. The second-order valence-corrected chi connectivity index (χ2v) is 7.28. The molecule has 0 saturated carbocycles. The largest absolute Gasteiger partial charge is 0.416 e. The second kappa shape index (κ2) is 8.94. The number of aromatic nitrogens is 2. The van der Waals surface area contributed by atoms with Gasteiger partial charge in [0, 0.05) is 18.3 Å². The quantitative estimate of drug-likeness (QED) is 0.522. The number of carbonyl (C=O) groups excluding carboxylic acids is 1. The van der Waals surface area contributed by atoms with Crippen LogP contribution in [0.25, 0.3) is 5.69 Å². The van der Waals surface area contributed by atoms with Crippen LogP contribution in [-0.4, -0.2) is 27.1 Å². The molecule has 3 aromatic rings. The molecule has 0 spiro atoms. The van der Waals surface area contributed by atoms with E-state index in [-0.39, 0.29) is 17.9 Å². The number of carbonyl (C=O) groups is 1. The fourth-order valence-electron chi connectivity index (χ4n) is 3.42. The number of hydrogen-bond acceptors (Lipinski definition) is 3.